The van der Waals surface area contributed by atoms with Gasteiger partial charge in [-0.15, -0.1) is 0 Å². The maximum Gasteiger partial charge on any atom is 0.458 e. The molecule has 0 N–H and O–H groups in total. The molecule has 0 aliphatic heterocycles. The molecule has 1 rings (SSSR count). The summed E-state index contributed by atoms with van der Waals surface area (Å²) in [6.07, 6.45) is -4.76. The highest BCUT2D eigenvalue weighted by molar-refractivity contribution is 5.36. The Kier molecular flexibility index (Phi) is 2.93. The van der Waals surface area contributed by atoms with E-state index in [0.29, 0.717) is 12.1 Å². The van der Waals surface area contributed by atoms with Gasteiger partial charge in [0.25, 0.3) is 0 Å². The van der Waals surface area contributed by atoms with Gasteiger partial charge in [0.1, 0.15) is 0 Å². The Morgan fingerprint density at radius 1 is 0.933 bits per heavy atom. The molecular weight excluding hydrogens is 222 g/mol. The number of hydrogen-bond acceptors (Lipinski definition) is 0. The van der Waals surface area contributed by atoms with Crippen molar-refractivity contribution in [2.75, 3.05) is 0 Å². The van der Waals surface area contributed by atoms with Gasteiger partial charge in [-0.25, -0.2) is 13.2 Å². The molecule has 0 nitrogen and oxygen atoms in total. The fourth-order valence-electron chi connectivity index (χ4n) is 0.771. The number of benzene rings is 1. The van der Waals surface area contributed by atoms with Gasteiger partial charge in [0, 0.05) is 11.5 Å². The molecule has 0 amide bonds. The standard InChI is InChI=1S/C9H2F6/c10-6-3-5(1-2-9(13,14)15)4-7(11)8(6)12/h3-4H. The van der Waals surface area contributed by atoms with Gasteiger partial charge < -0.3 is 0 Å². The molecule has 0 aliphatic carbocycles. The summed E-state index contributed by atoms with van der Waals surface area (Å²) in [4.78, 5) is 0. The zero-order chi connectivity index (χ0) is 11.6. The Balaban J connectivity index is 3.12. The quantitative estimate of drug-likeness (QED) is 0.361. The molecule has 0 aliphatic rings. The number of rotatable bonds is 0. The highest BCUT2D eigenvalue weighted by Gasteiger charge is 2.23. The van der Waals surface area contributed by atoms with Crippen LogP contribution in [-0.2, 0) is 0 Å². The summed E-state index contributed by atoms with van der Waals surface area (Å²) < 4.78 is 72.1. The van der Waals surface area contributed by atoms with Gasteiger partial charge in [0.15, 0.2) is 17.5 Å². The minimum atomic E-state index is -4.76. The van der Waals surface area contributed by atoms with Crippen LogP contribution >= 0.6 is 0 Å². The molecule has 6 heteroatoms. The Morgan fingerprint density at radius 3 is 1.80 bits per heavy atom. The van der Waals surface area contributed by atoms with Gasteiger partial charge in [-0.1, -0.05) is 5.92 Å². The largest absolute Gasteiger partial charge is 0.458 e. The van der Waals surface area contributed by atoms with E-state index in [1.54, 1.807) is 0 Å². The second kappa shape index (κ2) is 3.85. The molecule has 0 atom stereocenters. The predicted molar refractivity (Wildman–Crippen MR) is 39.2 cm³/mol. The van der Waals surface area contributed by atoms with Crippen LogP contribution in [-0.4, -0.2) is 6.18 Å². The first-order valence-corrected chi connectivity index (χ1v) is 3.54. The van der Waals surface area contributed by atoms with Gasteiger partial charge in [-0.3, -0.25) is 0 Å². The van der Waals surface area contributed by atoms with Crippen molar-refractivity contribution in [1.82, 2.24) is 0 Å². The Labute approximate surface area is 80.5 Å². The van der Waals surface area contributed by atoms with Crippen molar-refractivity contribution in [3.63, 3.8) is 0 Å². The maximum atomic E-state index is 12.5. The second-order valence-corrected chi connectivity index (χ2v) is 2.50. The van der Waals surface area contributed by atoms with Crippen LogP contribution in [0.1, 0.15) is 5.56 Å². The topological polar surface area (TPSA) is 0 Å². The van der Waals surface area contributed by atoms with Crippen LogP contribution in [0.15, 0.2) is 12.1 Å². The fraction of sp³-hybridized carbons (Fsp3) is 0.111. The van der Waals surface area contributed by atoms with Crippen LogP contribution in [0, 0.1) is 29.3 Å². The molecule has 0 aromatic heterocycles. The molecule has 0 heterocycles. The summed E-state index contributed by atoms with van der Waals surface area (Å²) in [5.74, 6) is -2.63. The molecule has 15 heavy (non-hydrogen) atoms. The van der Waals surface area contributed by atoms with E-state index < -0.39 is 29.2 Å². The first kappa shape index (κ1) is 11.4. The van der Waals surface area contributed by atoms with Crippen molar-refractivity contribution in [3.8, 4) is 11.8 Å². The third kappa shape index (κ3) is 3.20. The lowest BCUT2D eigenvalue weighted by Gasteiger charge is -1.96. The first-order chi connectivity index (χ1) is 6.79. The predicted octanol–water partition coefficient (Wildman–Crippen LogP) is 3.02. The summed E-state index contributed by atoms with van der Waals surface area (Å²) in [6, 6.07) is 0.772. The molecule has 1 aromatic carbocycles. The van der Waals surface area contributed by atoms with E-state index in [-0.39, 0.29) is 0 Å². The molecule has 0 radical (unpaired) electrons. The molecule has 0 saturated heterocycles. The van der Waals surface area contributed by atoms with Crippen LogP contribution in [0.5, 0.6) is 0 Å². The van der Waals surface area contributed by atoms with E-state index >= 15 is 0 Å². The van der Waals surface area contributed by atoms with E-state index in [4.69, 9.17) is 0 Å². The van der Waals surface area contributed by atoms with Crippen molar-refractivity contribution in [3.05, 3.63) is 35.1 Å². The monoisotopic (exact) mass is 224 g/mol. The van der Waals surface area contributed by atoms with Crippen LogP contribution in [0.25, 0.3) is 0 Å². The molecule has 0 fully saturated rings. The normalized spacial score (nSPS) is 10.8. The van der Waals surface area contributed by atoms with Crippen LogP contribution < -0.4 is 0 Å². The third-order valence-electron chi connectivity index (χ3n) is 1.33. The fourth-order valence-corrected chi connectivity index (χ4v) is 0.771. The molecule has 0 unspecified atom stereocenters. The SMILES string of the molecule is Fc1cc(C#CC(F)(F)F)cc(F)c1F. The van der Waals surface area contributed by atoms with Crippen molar-refractivity contribution in [2.24, 2.45) is 0 Å². The average Bonchev–Trinajstić information content (AvgIpc) is 2.09. The molecule has 0 saturated carbocycles. The summed E-state index contributed by atoms with van der Waals surface area (Å²) in [5, 5.41) is 0. The number of alkyl halides is 3. The van der Waals surface area contributed by atoms with E-state index in [0.717, 1.165) is 5.92 Å². The number of hydrogen-bond donors (Lipinski definition) is 0. The Hall–Kier alpha value is -1.64. The smallest absolute Gasteiger partial charge is 0.204 e. The van der Waals surface area contributed by atoms with E-state index in [1.165, 1.54) is 5.92 Å². The minimum Gasteiger partial charge on any atom is -0.204 e. The van der Waals surface area contributed by atoms with Gasteiger partial charge in [-0.05, 0) is 12.1 Å². The molecule has 0 bridgehead atoms. The molecular formula is C9H2F6. The lowest BCUT2D eigenvalue weighted by molar-refractivity contribution is -0.0696. The van der Waals surface area contributed by atoms with Gasteiger partial charge in [-0.2, -0.15) is 13.2 Å². The lowest BCUT2D eigenvalue weighted by Crippen LogP contribution is -2.01. The van der Waals surface area contributed by atoms with E-state index in [9.17, 15) is 26.3 Å². The van der Waals surface area contributed by atoms with Crippen LogP contribution in [0.4, 0.5) is 26.3 Å². The third-order valence-corrected chi connectivity index (χ3v) is 1.33. The summed E-state index contributed by atoms with van der Waals surface area (Å²) in [7, 11) is 0. The van der Waals surface area contributed by atoms with Crippen molar-refractivity contribution in [2.45, 2.75) is 6.18 Å². The highest BCUT2D eigenvalue weighted by atomic mass is 19.4. The zero-order valence-electron chi connectivity index (χ0n) is 6.92. The summed E-state index contributed by atoms with van der Waals surface area (Å²) in [6.45, 7) is 0. The average molecular weight is 224 g/mol. The van der Waals surface area contributed by atoms with Crippen molar-refractivity contribution < 1.29 is 26.3 Å². The van der Waals surface area contributed by atoms with E-state index in [1.807, 2.05) is 0 Å². The minimum absolute atomic E-state index is 0.386. The zero-order valence-corrected chi connectivity index (χ0v) is 6.92. The highest BCUT2D eigenvalue weighted by Crippen LogP contribution is 2.15. The van der Waals surface area contributed by atoms with Crippen LogP contribution in [0.3, 0.4) is 0 Å². The second-order valence-electron chi connectivity index (χ2n) is 2.50. The lowest BCUT2D eigenvalue weighted by atomic mass is 10.2. The summed E-state index contributed by atoms with van der Waals surface area (Å²) >= 11 is 0. The van der Waals surface area contributed by atoms with E-state index in [2.05, 4.69) is 0 Å². The maximum absolute atomic E-state index is 12.5. The molecule has 80 valence electrons. The molecule has 1 aromatic rings. The summed E-state index contributed by atoms with van der Waals surface area (Å²) in [5.41, 5.74) is -0.580. The van der Waals surface area contributed by atoms with Crippen molar-refractivity contribution in [1.29, 1.82) is 0 Å². The Bertz CT molecular complexity index is 411. The van der Waals surface area contributed by atoms with Gasteiger partial charge in [0.2, 0.25) is 0 Å². The molecule has 0 spiro atoms. The number of halogens is 6. The van der Waals surface area contributed by atoms with Crippen LogP contribution in [0.2, 0.25) is 0 Å². The Morgan fingerprint density at radius 2 is 1.40 bits per heavy atom. The van der Waals surface area contributed by atoms with Gasteiger partial charge >= 0.3 is 6.18 Å². The van der Waals surface area contributed by atoms with Crippen molar-refractivity contribution >= 4 is 0 Å². The van der Waals surface area contributed by atoms with Gasteiger partial charge in [0.05, 0.1) is 0 Å². The first-order valence-electron chi connectivity index (χ1n) is 3.54.